The molecule has 2 N–H and O–H groups in total. The van der Waals surface area contributed by atoms with Gasteiger partial charge in [-0.1, -0.05) is 12.2 Å². The van der Waals surface area contributed by atoms with Gasteiger partial charge in [0.15, 0.2) is 0 Å². The minimum absolute atomic E-state index is 0.256. The van der Waals surface area contributed by atoms with E-state index in [4.69, 9.17) is 18.0 Å². The van der Waals surface area contributed by atoms with Crippen molar-refractivity contribution in [1.29, 1.82) is 0 Å². The van der Waals surface area contributed by atoms with Gasteiger partial charge in [-0.25, -0.2) is 4.39 Å². The fourth-order valence-electron chi connectivity index (χ4n) is 1.53. The summed E-state index contributed by atoms with van der Waals surface area (Å²) in [5, 5.41) is 4.10. The van der Waals surface area contributed by atoms with Crippen molar-refractivity contribution in [3.05, 3.63) is 52.0 Å². The van der Waals surface area contributed by atoms with E-state index in [0.29, 0.717) is 17.7 Å². The van der Waals surface area contributed by atoms with Crippen LogP contribution in [0.15, 0.2) is 35.1 Å². The monoisotopic (exact) mass is 313 g/mol. The normalized spacial score (nSPS) is 10.5. The smallest absolute Gasteiger partial charge is 0.123 e. The fraction of sp³-hybridized carbons (Fsp3) is 0.0909. The average Bonchev–Trinajstić information content (AvgIpc) is 2.63. The summed E-state index contributed by atoms with van der Waals surface area (Å²) in [5.74, 6) is -0.314. The van der Waals surface area contributed by atoms with Gasteiger partial charge in [0.2, 0.25) is 0 Å². The third-order valence-electron chi connectivity index (χ3n) is 2.27. The van der Waals surface area contributed by atoms with Crippen LogP contribution in [0.1, 0.15) is 11.1 Å². The second-order valence-electron chi connectivity index (χ2n) is 3.52. The van der Waals surface area contributed by atoms with Crippen molar-refractivity contribution in [3.63, 3.8) is 0 Å². The van der Waals surface area contributed by atoms with Gasteiger partial charge >= 0.3 is 0 Å². The van der Waals surface area contributed by atoms with E-state index in [2.05, 4.69) is 21.0 Å². The molecule has 2 aromatic rings. The summed E-state index contributed by atoms with van der Waals surface area (Å²) in [4.78, 5) is 0.256. The number of hydrogen-bond acceptors (Lipinski definition) is 2. The van der Waals surface area contributed by atoms with E-state index in [9.17, 15) is 4.39 Å². The highest BCUT2D eigenvalue weighted by molar-refractivity contribution is 9.10. The highest BCUT2D eigenvalue weighted by atomic mass is 79.9. The van der Waals surface area contributed by atoms with Crippen LogP contribution in [0.25, 0.3) is 0 Å². The maximum absolute atomic E-state index is 13.2. The Morgan fingerprint density at radius 1 is 1.53 bits per heavy atom. The molecule has 88 valence electrons. The van der Waals surface area contributed by atoms with Crippen molar-refractivity contribution >= 4 is 33.1 Å². The molecule has 0 amide bonds. The van der Waals surface area contributed by atoms with Gasteiger partial charge in [0.05, 0.1) is 17.2 Å². The Labute approximate surface area is 112 Å². The number of benzene rings is 1. The van der Waals surface area contributed by atoms with Crippen LogP contribution in [0, 0.1) is 5.82 Å². The number of aromatic nitrogens is 2. The molecule has 1 aromatic carbocycles. The van der Waals surface area contributed by atoms with Gasteiger partial charge in [0.1, 0.15) is 10.8 Å². The van der Waals surface area contributed by atoms with Gasteiger partial charge in [-0.3, -0.25) is 4.68 Å². The molecular weight excluding hydrogens is 305 g/mol. The molecule has 0 aliphatic rings. The second kappa shape index (κ2) is 4.93. The van der Waals surface area contributed by atoms with Crippen molar-refractivity contribution in [1.82, 2.24) is 9.78 Å². The van der Waals surface area contributed by atoms with Crippen molar-refractivity contribution in [2.24, 2.45) is 5.73 Å². The highest BCUT2D eigenvalue weighted by Crippen LogP contribution is 2.14. The molecule has 1 heterocycles. The van der Waals surface area contributed by atoms with Crippen molar-refractivity contribution in [3.8, 4) is 0 Å². The lowest BCUT2D eigenvalue weighted by Gasteiger charge is -2.08. The molecule has 0 spiro atoms. The number of nitrogens with two attached hydrogens (primary N) is 1. The average molecular weight is 314 g/mol. The number of hydrogen-bond donors (Lipinski definition) is 1. The van der Waals surface area contributed by atoms with E-state index >= 15 is 0 Å². The summed E-state index contributed by atoms with van der Waals surface area (Å²) in [5.41, 5.74) is 6.98. The van der Waals surface area contributed by atoms with Gasteiger partial charge in [0.25, 0.3) is 0 Å². The van der Waals surface area contributed by atoms with E-state index in [1.807, 2.05) is 0 Å². The lowest BCUT2D eigenvalue weighted by atomic mass is 10.1. The molecule has 0 atom stereocenters. The van der Waals surface area contributed by atoms with Gasteiger partial charge in [-0.2, -0.15) is 5.10 Å². The minimum atomic E-state index is -0.314. The number of nitrogens with zero attached hydrogens (tertiary/aromatic N) is 2. The quantitative estimate of drug-likeness (QED) is 0.885. The van der Waals surface area contributed by atoms with Crippen molar-refractivity contribution in [2.45, 2.75) is 6.54 Å². The molecule has 0 radical (unpaired) electrons. The van der Waals surface area contributed by atoms with Crippen LogP contribution in [0.3, 0.4) is 0 Å². The molecule has 0 aliphatic carbocycles. The lowest BCUT2D eigenvalue weighted by molar-refractivity contribution is 0.619. The first kappa shape index (κ1) is 12.2. The summed E-state index contributed by atoms with van der Waals surface area (Å²) in [7, 11) is 0. The van der Waals surface area contributed by atoms with E-state index in [0.717, 1.165) is 4.47 Å². The Morgan fingerprint density at radius 3 is 2.88 bits per heavy atom. The van der Waals surface area contributed by atoms with Gasteiger partial charge in [-0.15, -0.1) is 0 Å². The third kappa shape index (κ3) is 2.89. The van der Waals surface area contributed by atoms with E-state index < -0.39 is 0 Å². The SMILES string of the molecule is NC(=S)c1ccc(F)cc1Cn1cc(Br)cn1. The minimum Gasteiger partial charge on any atom is -0.389 e. The molecule has 0 saturated heterocycles. The molecule has 3 nitrogen and oxygen atoms in total. The Hall–Kier alpha value is -1.27. The summed E-state index contributed by atoms with van der Waals surface area (Å²) in [6, 6.07) is 4.35. The van der Waals surface area contributed by atoms with Gasteiger partial charge < -0.3 is 5.73 Å². The summed E-state index contributed by atoms with van der Waals surface area (Å²) < 4.78 is 15.7. The predicted molar refractivity (Wildman–Crippen MR) is 71.3 cm³/mol. The first-order valence-corrected chi connectivity index (χ1v) is 6.02. The predicted octanol–water partition coefficient (Wildman–Crippen LogP) is 2.47. The number of halogens is 2. The Bertz CT molecular complexity index is 568. The zero-order valence-corrected chi connectivity index (χ0v) is 11.1. The van der Waals surface area contributed by atoms with E-state index in [1.165, 1.54) is 12.1 Å². The molecule has 2 rings (SSSR count). The number of rotatable bonds is 3. The van der Waals surface area contributed by atoms with Crippen LogP contribution >= 0.6 is 28.1 Å². The molecule has 0 bridgehead atoms. The Morgan fingerprint density at radius 2 is 2.29 bits per heavy atom. The number of thiocarbonyl (C=S) groups is 1. The van der Waals surface area contributed by atoms with Crippen LogP contribution in [0.2, 0.25) is 0 Å². The molecule has 0 aliphatic heterocycles. The third-order valence-corrected chi connectivity index (χ3v) is 2.90. The maximum atomic E-state index is 13.2. The molecule has 17 heavy (non-hydrogen) atoms. The Kier molecular flexibility index (Phi) is 3.54. The van der Waals surface area contributed by atoms with Gasteiger partial charge in [-0.05, 0) is 39.7 Å². The summed E-state index contributed by atoms with van der Waals surface area (Å²) in [6.07, 6.45) is 3.47. The van der Waals surface area contributed by atoms with Crippen LogP contribution in [0.4, 0.5) is 4.39 Å². The molecular formula is C11H9BrFN3S. The maximum Gasteiger partial charge on any atom is 0.123 e. The summed E-state index contributed by atoms with van der Waals surface area (Å²) in [6.45, 7) is 0.427. The lowest BCUT2D eigenvalue weighted by Crippen LogP contribution is -2.14. The topological polar surface area (TPSA) is 43.8 Å². The first-order valence-electron chi connectivity index (χ1n) is 4.82. The van der Waals surface area contributed by atoms with Crippen molar-refractivity contribution in [2.75, 3.05) is 0 Å². The standard InChI is InChI=1S/C11H9BrFN3S/c12-8-4-15-16(6-8)5-7-3-9(13)1-2-10(7)11(14)17/h1-4,6H,5H2,(H2,14,17). The Balaban J connectivity index is 2.37. The summed E-state index contributed by atoms with van der Waals surface area (Å²) >= 11 is 8.23. The molecule has 1 aromatic heterocycles. The zero-order chi connectivity index (χ0) is 12.4. The van der Waals surface area contributed by atoms with Crippen LogP contribution in [0.5, 0.6) is 0 Å². The highest BCUT2D eigenvalue weighted by Gasteiger charge is 2.08. The zero-order valence-electron chi connectivity index (χ0n) is 8.73. The fourth-order valence-corrected chi connectivity index (χ4v) is 2.06. The largest absolute Gasteiger partial charge is 0.389 e. The van der Waals surface area contributed by atoms with Gasteiger partial charge in [0, 0.05) is 11.8 Å². The molecule has 0 saturated carbocycles. The van der Waals surface area contributed by atoms with Crippen LogP contribution in [-0.2, 0) is 6.54 Å². The van der Waals surface area contributed by atoms with Crippen molar-refractivity contribution < 1.29 is 4.39 Å². The second-order valence-corrected chi connectivity index (χ2v) is 4.88. The van der Waals surface area contributed by atoms with Crippen LogP contribution in [-0.4, -0.2) is 14.8 Å². The van der Waals surface area contributed by atoms with E-state index in [-0.39, 0.29) is 10.8 Å². The van der Waals surface area contributed by atoms with Crippen LogP contribution < -0.4 is 5.73 Å². The van der Waals surface area contributed by atoms with E-state index in [1.54, 1.807) is 23.1 Å². The first-order chi connectivity index (χ1) is 8.06. The molecule has 0 unspecified atom stereocenters. The molecule has 0 fully saturated rings. The molecule has 6 heteroatoms.